The Balaban J connectivity index is 1.71. The first-order valence-corrected chi connectivity index (χ1v) is 8.82. The van der Waals surface area contributed by atoms with E-state index in [1.54, 1.807) is 10.8 Å². The van der Waals surface area contributed by atoms with Gasteiger partial charge in [-0.3, -0.25) is 9.36 Å². The van der Waals surface area contributed by atoms with Crippen LogP contribution in [0.5, 0.6) is 0 Å². The third kappa shape index (κ3) is 4.28. The van der Waals surface area contributed by atoms with E-state index >= 15 is 0 Å². The SMILES string of the molecule is CN(C)Cc1ccc(CNC(=O)c2c[nH]c(=S)n2-c2ccccc2)cc1. The molecule has 0 unspecified atom stereocenters. The average molecular weight is 366 g/mol. The second kappa shape index (κ2) is 8.12. The Bertz CT molecular complexity index is 926. The number of benzene rings is 2. The van der Waals surface area contributed by atoms with Gasteiger partial charge in [-0.25, -0.2) is 0 Å². The van der Waals surface area contributed by atoms with Crippen molar-refractivity contribution in [3.8, 4) is 5.69 Å². The number of aromatic amines is 1. The summed E-state index contributed by atoms with van der Waals surface area (Å²) in [6.45, 7) is 1.36. The van der Waals surface area contributed by atoms with Crippen LogP contribution in [0.25, 0.3) is 5.69 Å². The molecule has 1 heterocycles. The fraction of sp³-hybridized carbons (Fsp3) is 0.200. The second-order valence-electron chi connectivity index (χ2n) is 6.39. The monoisotopic (exact) mass is 366 g/mol. The molecule has 0 aliphatic rings. The molecule has 26 heavy (non-hydrogen) atoms. The summed E-state index contributed by atoms with van der Waals surface area (Å²) in [6.07, 6.45) is 1.64. The summed E-state index contributed by atoms with van der Waals surface area (Å²) in [5.74, 6) is -0.168. The van der Waals surface area contributed by atoms with Crippen LogP contribution in [0.15, 0.2) is 60.8 Å². The first-order chi connectivity index (χ1) is 12.5. The highest BCUT2D eigenvalue weighted by Crippen LogP contribution is 2.13. The topological polar surface area (TPSA) is 53.1 Å². The van der Waals surface area contributed by atoms with E-state index in [1.165, 1.54) is 5.56 Å². The summed E-state index contributed by atoms with van der Waals surface area (Å²) >= 11 is 5.32. The Morgan fingerprint density at radius 3 is 2.38 bits per heavy atom. The number of imidazole rings is 1. The van der Waals surface area contributed by atoms with Crippen molar-refractivity contribution in [2.24, 2.45) is 0 Å². The van der Waals surface area contributed by atoms with Crippen LogP contribution < -0.4 is 5.32 Å². The molecule has 0 spiro atoms. The van der Waals surface area contributed by atoms with Gasteiger partial charge in [0.2, 0.25) is 0 Å². The van der Waals surface area contributed by atoms with Gasteiger partial charge in [0, 0.05) is 25.0 Å². The summed E-state index contributed by atoms with van der Waals surface area (Å²) in [4.78, 5) is 17.7. The second-order valence-corrected chi connectivity index (χ2v) is 6.77. The van der Waals surface area contributed by atoms with Crippen molar-refractivity contribution in [1.82, 2.24) is 19.8 Å². The van der Waals surface area contributed by atoms with Gasteiger partial charge in [0.05, 0.1) is 0 Å². The zero-order chi connectivity index (χ0) is 18.5. The van der Waals surface area contributed by atoms with E-state index in [0.29, 0.717) is 17.0 Å². The quantitative estimate of drug-likeness (QED) is 0.656. The normalized spacial score (nSPS) is 10.9. The lowest BCUT2D eigenvalue weighted by molar-refractivity contribution is 0.0944. The van der Waals surface area contributed by atoms with Crippen LogP contribution in [0.1, 0.15) is 21.6 Å². The predicted molar refractivity (Wildman–Crippen MR) is 106 cm³/mol. The van der Waals surface area contributed by atoms with Crippen LogP contribution in [0.2, 0.25) is 0 Å². The highest BCUT2D eigenvalue weighted by molar-refractivity contribution is 7.71. The van der Waals surface area contributed by atoms with Gasteiger partial charge >= 0.3 is 0 Å². The third-order valence-corrected chi connectivity index (χ3v) is 4.30. The summed E-state index contributed by atoms with van der Waals surface area (Å²) in [5, 5.41) is 2.96. The highest BCUT2D eigenvalue weighted by atomic mass is 32.1. The Morgan fingerprint density at radius 2 is 1.73 bits per heavy atom. The molecule has 0 aliphatic carbocycles. The van der Waals surface area contributed by atoms with Gasteiger partial charge in [0.15, 0.2) is 4.77 Å². The molecular formula is C20H22N4OS. The average Bonchev–Trinajstić information content (AvgIpc) is 3.03. The Hall–Kier alpha value is -2.70. The van der Waals surface area contributed by atoms with E-state index < -0.39 is 0 Å². The number of carbonyl (C=O) groups excluding carboxylic acids is 1. The number of para-hydroxylation sites is 1. The van der Waals surface area contributed by atoms with E-state index in [4.69, 9.17) is 12.2 Å². The molecule has 0 fully saturated rings. The highest BCUT2D eigenvalue weighted by Gasteiger charge is 2.14. The maximum atomic E-state index is 12.6. The van der Waals surface area contributed by atoms with Crippen molar-refractivity contribution in [2.75, 3.05) is 14.1 Å². The fourth-order valence-electron chi connectivity index (χ4n) is 2.77. The number of carbonyl (C=O) groups is 1. The van der Waals surface area contributed by atoms with Crippen molar-refractivity contribution in [3.05, 3.63) is 82.4 Å². The molecule has 2 aromatic carbocycles. The van der Waals surface area contributed by atoms with E-state index in [9.17, 15) is 4.79 Å². The van der Waals surface area contributed by atoms with E-state index in [1.807, 2.05) is 56.6 Å². The van der Waals surface area contributed by atoms with Crippen LogP contribution in [-0.2, 0) is 13.1 Å². The standard InChI is InChI=1S/C20H22N4OS/c1-23(2)14-16-10-8-15(9-11-16)12-21-19(25)18-13-22-20(26)24(18)17-6-4-3-5-7-17/h3-11,13H,12,14H2,1-2H3,(H,21,25)(H,22,26). The molecule has 0 bridgehead atoms. The molecule has 1 amide bonds. The summed E-state index contributed by atoms with van der Waals surface area (Å²) in [5.41, 5.74) is 3.65. The first kappa shape index (κ1) is 18.1. The number of rotatable bonds is 6. The molecule has 3 rings (SSSR count). The molecule has 5 nitrogen and oxygen atoms in total. The lowest BCUT2D eigenvalue weighted by Crippen LogP contribution is -2.25. The van der Waals surface area contributed by atoms with Crippen LogP contribution in [0.3, 0.4) is 0 Å². The van der Waals surface area contributed by atoms with Crippen molar-refractivity contribution in [1.29, 1.82) is 0 Å². The number of hydrogen-bond acceptors (Lipinski definition) is 3. The number of hydrogen-bond donors (Lipinski definition) is 2. The van der Waals surface area contributed by atoms with Gasteiger partial charge < -0.3 is 15.2 Å². The molecular weight excluding hydrogens is 344 g/mol. The molecule has 6 heteroatoms. The zero-order valence-electron chi connectivity index (χ0n) is 14.9. The third-order valence-electron chi connectivity index (χ3n) is 4.00. The van der Waals surface area contributed by atoms with Crippen molar-refractivity contribution < 1.29 is 4.79 Å². The summed E-state index contributed by atoms with van der Waals surface area (Å²) in [7, 11) is 4.08. The minimum Gasteiger partial charge on any atom is -0.347 e. The Labute approximate surface area is 158 Å². The van der Waals surface area contributed by atoms with Crippen LogP contribution in [0.4, 0.5) is 0 Å². The fourth-order valence-corrected chi connectivity index (χ4v) is 3.03. The number of aromatic nitrogens is 2. The van der Waals surface area contributed by atoms with Crippen LogP contribution >= 0.6 is 12.2 Å². The molecule has 3 aromatic rings. The number of nitrogens with zero attached hydrogens (tertiary/aromatic N) is 2. The van der Waals surface area contributed by atoms with Gasteiger partial charge in [-0.05, 0) is 49.6 Å². The minimum absolute atomic E-state index is 0.168. The van der Waals surface area contributed by atoms with Gasteiger partial charge in [-0.2, -0.15) is 0 Å². The smallest absolute Gasteiger partial charge is 0.270 e. The van der Waals surface area contributed by atoms with Gasteiger partial charge in [0.1, 0.15) is 5.69 Å². The lowest BCUT2D eigenvalue weighted by atomic mass is 10.1. The molecule has 0 radical (unpaired) electrons. The van der Waals surface area contributed by atoms with E-state index in [-0.39, 0.29) is 5.91 Å². The van der Waals surface area contributed by atoms with Crippen molar-refractivity contribution >= 4 is 18.1 Å². The molecule has 134 valence electrons. The Kier molecular flexibility index (Phi) is 5.65. The summed E-state index contributed by atoms with van der Waals surface area (Å²) in [6, 6.07) is 17.9. The van der Waals surface area contributed by atoms with Gasteiger partial charge in [-0.15, -0.1) is 0 Å². The van der Waals surface area contributed by atoms with E-state index in [2.05, 4.69) is 27.3 Å². The molecule has 2 N–H and O–H groups in total. The Morgan fingerprint density at radius 1 is 1.08 bits per heavy atom. The molecule has 0 saturated heterocycles. The molecule has 0 saturated carbocycles. The largest absolute Gasteiger partial charge is 0.347 e. The zero-order valence-corrected chi connectivity index (χ0v) is 15.7. The number of nitrogens with one attached hydrogen (secondary N) is 2. The van der Waals surface area contributed by atoms with Gasteiger partial charge in [-0.1, -0.05) is 42.5 Å². The minimum atomic E-state index is -0.168. The van der Waals surface area contributed by atoms with Crippen LogP contribution in [0, 0.1) is 4.77 Å². The van der Waals surface area contributed by atoms with Crippen molar-refractivity contribution in [3.63, 3.8) is 0 Å². The number of amides is 1. The van der Waals surface area contributed by atoms with E-state index in [0.717, 1.165) is 17.8 Å². The first-order valence-electron chi connectivity index (χ1n) is 8.41. The van der Waals surface area contributed by atoms with Crippen LogP contribution in [-0.4, -0.2) is 34.5 Å². The maximum absolute atomic E-state index is 12.6. The predicted octanol–water partition coefficient (Wildman–Crippen LogP) is 3.53. The molecule has 1 aromatic heterocycles. The molecule has 0 aliphatic heterocycles. The molecule has 0 atom stereocenters. The lowest BCUT2D eigenvalue weighted by Gasteiger charge is -2.11. The summed E-state index contributed by atoms with van der Waals surface area (Å²) < 4.78 is 2.24. The maximum Gasteiger partial charge on any atom is 0.270 e. The van der Waals surface area contributed by atoms with Crippen molar-refractivity contribution in [2.45, 2.75) is 13.1 Å². The van der Waals surface area contributed by atoms with Gasteiger partial charge in [0.25, 0.3) is 5.91 Å². The number of H-pyrrole nitrogens is 1.